The van der Waals surface area contributed by atoms with E-state index in [1.54, 1.807) is 13.2 Å². The molecule has 0 saturated heterocycles. The molecule has 0 atom stereocenters. The number of urea groups is 1. The van der Waals surface area contributed by atoms with Gasteiger partial charge in [-0.1, -0.05) is 18.2 Å². The number of rotatable bonds is 5. The topological polar surface area (TPSA) is 76.4 Å². The van der Waals surface area contributed by atoms with Crippen LogP contribution >= 0.6 is 0 Å². The van der Waals surface area contributed by atoms with Gasteiger partial charge in [-0.15, -0.1) is 0 Å². The number of nitrogens with one attached hydrogen (secondary N) is 2. The molecule has 2 aromatic carbocycles. The van der Waals surface area contributed by atoms with Gasteiger partial charge in [0.15, 0.2) is 0 Å². The van der Waals surface area contributed by atoms with Gasteiger partial charge in [0.2, 0.25) is 0 Å². The lowest BCUT2D eigenvalue weighted by atomic mass is 10.2. The number of ether oxygens (including phenoxy) is 1. The molecule has 0 heterocycles. The van der Waals surface area contributed by atoms with E-state index in [9.17, 15) is 4.79 Å². The molecule has 4 N–H and O–H groups in total. The predicted molar refractivity (Wildman–Crippen MR) is 80.0 cm³/mol. The van der Waals surface area contributed by atoms with E-state index in [0.29, 0.717) is 12.2 Å². The highest BCUT2D eigenvalue weighted by molar-refractivity contribution is 5.88. The summed E-state index contributed by atoms with van der Waals surface area (Å²) in [4.78, 5) is 10.8. The Bertz CT molecular complexity index is 582. The molecule has 2 rings (SSSR count). The number of nitrogens with two attached hydrogens (primary N) is 1. The molecule has 2 amide bonds. The number of carbonyl (C=O) groups excluding carboxylic acids is 1. The Hall–Kier alpha value is -2.69. The molecule has 0 aliphatic rings. The first kappa shape index (κ1) is 13.7. The van der Waals surface area contributed by atoms with Gasteiger partial charge in [0, 0.05) is 17.9 Å². The van der Waals surface area contributed by atoms with E-state index in [1.807, 2.05) is 42.5 Å². The summed E-state index contributed by atoms with van der Waals surface area (Å²) in [6.07, 6.45) is 0. The van der Waals surface area contributed by atoms with Gasteiger partial charge in [0.1, 0.15) is 5.75 Å². The van der Waals surface area contributed by atoms with Crippen molar-refractivity contribution in [1.82, 2.24) is 0 Å². The zero-order valence-corrected chi connectivity index (χ0v) is 11.2. The normalized spacial score (nSPS) is 9.85. The monoisotopic (exact) mass is 271 g/mol. The van der Waals surface area contributed by atoms with Crippen LogP contribution in [-0.2, 0) is 6.54 Å². The molecule has 2 aromatic rings. The highest BCUT2D eigenvalue weighted by Gasteiger charge is 1.99. The number of primary amides is 1. The molecule has 0 aliphatic heterocycles. The maximum absolute atomic E-state index is 10.8. The number of amides is 2. The van der Waals surface area contributed by atoms with Crippen LogP contribution in [0.3, 0.4) is 0 Å². The number of methoxy groups -OCH3 is 1. The van der Waals surface area contributed by atoms with Gasteiger partial charge in [0.25, 0.3) is 0 Å². The molecule has 0 fully saturated rings. The lowest BCUT2D eigenvalue weighted by molar-refractivity contribution is 0.259. The Morgan fingerprint density at radius 3 is 2.50 bits per heavy atom. The van der Waals surface area contributed by atoms with Crippen molar-refractivity contribution in [3.63, 3.8) is 0 Å². The Morgan fingerprint density at radius 2 is 1.85 bits per heavy atom. The summed E-state index contributed by atoms with van der Waals surface area (Å²) in [5.41, 5.74) is 7.80. The van der Waals surface area contributed by atoms with Crippen molar-refractivity contribution in [1.29, 1.82) is 0 Å². The zero-order valence-electron chi connectivity index (χ0n) is 11.2. The molecule has 0 bridgehead atoms. The van der Waals surface area contributed by atoms with Gasteiger partial charge in [-0.05, 0) is 35.9 Å². The van der Waals surface area contributed by atoms with Crippen molar-refractivity contribution in [2.75, 3.05) is 17.7 Å². The molecule has 0 radical (unpaired) electrons. The number of carbonyl (C=O) groups is 1. The lowest BCUT2D eigenvalue weighted by Gasteiger charge is -2.09. The van der Waals surface area contributed by atoms with Crippen LogP contribution in [0.15, 0.2) is 48.5 Å². The number of hydrogen-bond acceptors (Lipinski definition) is 3. The Kier molecular flexibility index (Phi) is 4.44. The van der Waals surface area contributed by atoms with Crippen molar-refractivity contribution >= 4 is 17.4 Å². The fourth-order valence-electron chi connectivity index (χ4n) is 1.80. The smallest absolute Gasteiger partial charge is 0.316 e. The van der Waals surface area contributed by atoms with E-state index in [1.165, 1.54) is 0 Å². The second-order valence-electron chi connectivity index (χ2n) is 4.27. The summed E-state index contributed by atoms with van der Waals surface area (Å²) in [6, 6.07) is 14.6. The Balaban J connectivity index is 1.97. The summed E-state index contributed by atoms with van der Waals surface area (Å²) in [6.45, 7) is 0.685. The van der Waals surface area contributed by atoms with Gasteiger partial charge >= 0.3 is 6.03 Å². The summed E-state index contributed by atoms with van der Waals surface area (Å²) >= 11 is 0. The number of benzene rings is 2. The van der Waals surface area contributed by atoms with E-state index >= 15 is 0 Å². The van der Waals surface area contributed by atoms with Crippen molar-refractivity contribution in [2.24, 2.45) is 5.73 Å². The van der Waals surface area contributed by atoms with Gasteiger partial charge in [-0.25, -0.2) is 4.79 Å². The third kappa shape index (κ3) is 3.91. The first-order chi connectivity index (χ1) is 9.67. The molecule has 0 saturated carbocycles. The second-order valence-corrected chi connectivity index (χ2v) is 4.27. The van der Waals surface area contributed by atoms with Gasteiger partial charge in [-0.3, -0.25) is 0 Å². The van der Waals surface area contributed by atoms with E-state index < -0.39 is 6.03 Å². The molecule has 5 nitrogen and oxygen atoms in total. The minimum atomic E-state index is -0.572. The summed E-state index contributed by atoms with van der Waals surface area (Å²) < 4.78 is 5.11. The summed E-state index contributed by atoms with van der Waals surface area (Å²) in [5.74, 6) is 0.835. The van der Waals surface area contributed by atoms with E-state index in [0.717, 1.165) is 17.0 Å². The van der Waals surface area contributed by atoms with E-state index in [4.69, 9.17) is 10.5 Å². The molecule has 104 valence electrons. The number of anilines is 2. The molecule has 0 aliphatic carbocycles. The van der Waals surface area contributed by atoms with E-state index in [2.05, 4.69) is 10.6 Å². The average Bonchev–Trinajstić information content (AvgIpc) is 2.45. The molecule has 0 aromatic heterocycles. The molecular weight excluding hydrogens is 254 g/mol. The van der Waals surface area contributed by atoms with E-state index in [-0.39, 0.29) is 0 Å². The lowest BCUT2D eigenvalue weighted by Crippen LogP contribution is -2.19. The van der Waals surface area contributed by atoms with Crippen LogP contribution in [0.1, 0.15) is 5.56 Å². The highest BCUT2D eigenvalue weighted by atomic mass is 16.5. The maximum Gasteiger partial charge on any atom is 0.316 e. The molecule has 0 unspecified atom stereocenters. The molecular formula is C15H17N3O2. The van der Waals surface area contributed by atoms with Crippen LogP contribution in [0.4, 0.5) is 16.2 Å². The highest BCUT2D eigenvalue weighted by Crippen LogP contribution is 2.17. The predicted octanol–water partition coefficient (Wildman–Crippen LogP) is 2.80. The van der Waals surface area contributed by atoms with Crippen LogP contribution in [0, 0.1) is 0 Å². The fraction of sp³-hybridized carbons (Fsp3) is 0.133. The molecule has 5 heteroatoms. The average molecular weight is 271 g/mol. The first-order valence-electron chi connectivity index (χ1n) is 6.21. The molecule has 20 heavy (non-hydrogen) atoms. The van der Waals surface area contributed by atoms with Crippen molar-refractivity contribution in [3.8, 4) is 5.75 Å². The fourth-order valence-corrected chi connectivity index (χ4v) is 1.80. The van der Waals surface area contributed by atoms with Crippen molar-refractivity contribution in [3.05, 3.63) is 54.1 Å². The van der Waals surface area contributed by atoms with Gasteiger partial charge < -0.3 is 21.1 Å². The summed E-state index contributed by atoms with van der Waals surface area (Å²) in [5, 5.41) is 5.82. The third-order valence-electron chi connectivity index (χ3n) is 2.79. The third-order valence-corrected chi connectivity index (χ3v) is 2.79. The second kappa shape index (κ2) is 6.47. The quantitative estimate of drug-likeness (QED) is 0.782. The van der Waals surface area contributed by atoms with Crippen molar-refractivity contribution in [2.45, 2.75) is 6.54 Å². The molecule has 0 spiro atoms. The minimum Gasteiger partial charge on any atom is -0.497 e. The zero-order chi connectivity index (χ0) is 14.4. The van der Waals surface area contributed by atoms with Crippen LogP contribution < -0.4 is 21.1 Å². The SMILES string of the molecule is COc1ccc(CNc2cccc(NC(N)=O)c2)cc1. The van der Waals surface area contributed by atoms with Crippen molar-refractivity contribution < 1.29 is 9.53 Å². The Labute approximate surface area is 117 Å². The summed E-state index contributed by atoms with van der Waals surface area (Å²) in [7, 11) is 1.64. The van der Waals surface area contributed by atoms with Crippen LogP contribution in [-0.4, -0.2) is 13.1 Å². The van der Waals surface area contributed by atoms with Crippen LogP contribution in [0.25, 0.3) is 0 Å². The standard InChI is InChI=1S/C15H17N3O2/c1-20-14-7-5-11(6-8-14)10-17-12-3-2-4-13(9-12)18-15(16)19/h2-9,17H,10H2,1H3,(H3,16,18,19). The Morgan fingerprint density at radius 1 is 1.15 bits per heavy atom. The minimum absolute atomic E-state index is 0.572. The first-order valence-corrected chi connectivity index (χ1v) is 6.21. The van der Waals surface area contributed by atoms with Crippen LogP contribution in [0.2, 0.25) is 0 Å². The van der Waals surface area contributed by atoms with Gasteiger partial charge in [0.05, 0.1) is 7.11 Å². The maximum atomic E-state index is 10.8. The largest absolute Gasteiger partial charge is 0.497 e. The van der Waals surface area contributed by atoms with Crippen LogP contribution in [0.5, 0.6) is 5.75 Å². The number of hydrogen-bond donors (Lipinski definition) is 3. The van der Waals surface area contributed by atoms with Gasteiger partial charge in [-0.2, -0.15) is 0 Å².